The summed E-state index contributed by atoms with van der Waals surface area (Å²) in [5.74, 6) is 0. The fourth-order valence-electron chi connectivity index (χ4n) is 1.65. The van der Waals surface area contributed by atoms with Crippen LogP contribution in [0.4, 0.5) is 13.2 Å². The predicted molar refractivity (Wildman–Crippen MR) is 55.4 cm³/mol. The molecule has 0 radical (unpaired) electrons. The number of fused-ring (bicyclic) bond motifs is 1. The molecule has 0 aliphatic carbocycles. The molecule has 0 bridgehead atoms. The fourth-order valence-corrected chi connectivity index (χ4v) is 1.65. The second kappa shape index (κ2) is 4.31. The fraction of sp³-hybridized carbons (Fsp3) is 0.182. The molecular formula is C11H9F3N2O. The van der Waals surface area contributed by atoms with Crippen LogP contribution in [0, 0.1) is 0 Å². The van der Waals surface area contributed by atoms with Crippen LogP contribution in [0.15, 0.2) is 30.6 Å². The number of aromatic nitrogens is 1. The largest absolute Gasteiger partial charge is 0.418 e. The van der Waals surface area contributed by atoms with Gasteiger partial charge < -0.3 is 5.21 Å². The van der Waals surface area contributed by atoms with E-state index in [1.807, 2.05) is 5.48 Å². The lowest BCUT2D eigenvalue weighted by Crippen LogP contribution is -2.08. The van der Waals surface area contributed by atoms with Gasteiger partial charge in [-0.2, -0.15) is 13.2 Å². The molecule has 0 aliphatic heterocycles. The zero-order chi connectivity index (χ0) is 12.5. The Hall–Kier alpha value is -1.66. The smallest absolute Gasteiger partial charge is 0.316 e. The zero-order valence-electron chi connectivity index (χ0n) is 8.62. The van der Waals surface area contributed by atoms with Crippen LogP contribution in [0.25, 0.3) is 10.8 Å². The second-order valence-corrected chi connectivity index (χ2v) is 3.58. The van der Waals surface area contributed by atoms with E-state index in [1.165, 1.54) is 18.3 Å². The Morgan fingerprint density at radius 1 is 1.24 bits per heavy atom. The van der Waals surface area contributed by atoms with Gasteiger partial charge in [0.1, 0.15) is 0 Å². The van der Waals surface area contributed by atoms with E-state index in [9.17, 15) is 13.2 Å². The normalized spacial score (nSPS) is 12.0. The van der Waals surface area contributed by atoms with Gasteiger partial charge in [-0.25, -0.2) is 5.48 Å². The lowest BCUT2D eigenvalue weighted by Gasteiger charge is -2.10. The van der Waals surface area contributed by atoms with Crippen molar-refractivity contribution in [3.8, 4) is 0 Å². The minimum atomic E-state index is -4.41. The topological polar surface area (TPSA) is 45.1 Å². The Kier molecular flexibility index (Phi) is 2.99. The highest BCUT2D eigenvalue weighted by atomic mass is 19.4. The summed E-state index contributed by atoms with van der Waals surface area (Å²) in [7, 11) is 0. The van der Waals surface area contributed by atoms with Crippen molar-refractivity contribution in [3.05, 3.63) is 41.7 Å². The van der Waals surface area contributed by atoms with Gasteiger partial charge in [-0.15, -0.1) is 0 Å². The molecule has 2 N–H and O–H groups in total. The van der Waals surface area contributed by atoms with Gasteiger partial charge in [0.25, 0.3) is 0 Å². The Morgan fingerprint density at radius 2 is 2.00 bits per heavy atom. The summed E-state index contributed by atoms with van der Waals surface area (Å²) in [6.45, 7) is 0.173. The summed E-state index contributed by atoms with van der Waals surface area (Å²) in [6, 6.07) is 4.47. The molecule has 17 heavy (non-hydrogen) atoms. The van der Waals surface area contributed by atoms with Gasteiger partial charge >= 0.3 is 6.18 Å². The average Bonchev–Trinajstić information content (AvgIpc) is 2.27. The van der Waals surface area contributed by atoms with Crippen molar-refractivity contribution in [2.24, 2.45) is 0 Å². The summed E-state index contributed by atoms with van der Waals surface area (Å²) in [5, 5.41) is 9.03. The summed E-state index contributed by atoms with van der Waals surface area (Å²) < 4.78 is 38.0. The van der Waals surface area contributed by atoms with Crippen LogP contribution in [-0.2, 0) is 12.7 Å². The second-order valence-electron chi connectivity index (χ2n) is 3.58. The molecule has 0 unspecified atom stereocenters. The Morgan fingerprint density at radius 3 is 2.65 bits per heavy atom. The van der Waals surface area contributed by atoms with Crippen molar-refractivity contribution in [2.45, 2.75) is 12.7 Å². The first-order valence-electron chi connectivity index (χ1n) is 4.83. The highest BCUT2D eigenvalue weighted by Crippen LogP contribution is 2.34. The molecule has 0 fully saturated rings. The van der Waals surface area contributed by atoms with Crippen LogP contribution in [0.1, 0.15) is 11.1 Å². The summed E-state index contributed by atoms with van der Waals surface area (Å²) in [5.41, 5.74) is 1.88. The van der Waals surface area contributed by atoms with Gasteiger partial charge in [0.05, 0.1) is 5.56 Å². The number of pyridine rings is 1. The molecule has 6 heteroatoms. The van der Waals surface area contributed by atoms with E-state index in [4.69, 9.17) is 5.21 Å². The first-order chi connectivity index (χ1) is 8.02. The number of alkyl halides is 3. The molecule has 1 heterocycles. The van der Waals surface area contributed by atoms with Gasteiger partial charge in [0, 0.05) is 24.3 Å². The third kappa shape index (κ3) is 2.37. The number of hydroxylamine groups is 1. The molecule has 0 atom stereocenters. The quantitative estimate of drug-likeness (QED) is 0.796. The van der Waals surface area contributed by atoms with E-state index < -0.39 is 11.7 Å². The molecule has 2 aromatic rings. The monoisotopic (exact) mass is 242 g/mol. The first kappa shape index (κ1) is 11.8. The van der Waals surface area contributed by atoms with Crippen LogP contribution in [0.2, 0.25) is 0 Å². The van der Waals surface area contributed by atoms with E-state index >= 15 is 0 Å². The van der Waals surface area contributed by atoms with Crippen LogP contribution in [0.3, 0.4) is 0 Å². The standard InChI is InChI=1S/C11H9F3N2O/c12-11(13,14)10-6-15-5-8-3-7(4-16-17)1-2-9(8)10/h1-3,5-6,16-17H,4H2. The maximum atomic E-state index is 12.7. The van der Waals surface area contributed by atoms with Gasteiger partial charge in [-0.1, -0.05) is 12.1 Å². The van der Waals surface area contributed by atoms with E-state index in [0.717, 1.165) is 6.20 Å². The van der Waals surface area contributed by atoms with Crippen molar-refractivity contribution in [2.75, 3.05) is 0 Å². The van der Waals surface area contributed by atoms with Crippen LogP contribution in [0.5, 0.6) is 0 Å². The third-order valence-electron chi connectivity index (χ3n) is 2.41. The number of rotatable bonds is 2. The van der Waals surface area contributed by atoms with Crippen LogP contribution < -0.4 is 5.48 Å². The lowest BCUT2D eigenvalue weighted by atomic mass is 10.0. The maximum absolute atomic E-state index is 12.7. The minimum absolute atomic E-state index is 0.106. The van der Waals surface area contributed by atoms with Crippen LogP contribution in [-0.4, -0.2) is 10.2 Å². The molecular weight excluding hydrogens is 233 g/mol. The van der Waals surface area contributed by atoms with E-state index in [2.05, 4.69) is 4.98 Å². The van der Waals surface area contributed by atoms with E-state index in [-0.39, 0.29) is 11.9 Å². The number of halogens is 3. The molecule has 1 aromatic carbocycles. The Labute approximate surface area is 94.9 Å². The summed E-state index contributed by atoms with van der Waals surface area (Å²) in [4.78, 5) is 3.58. The molecule has 0 amide bonds. The van der Waals surface area contributed by atoms with Crippen molar-refractivity contribution < 1.29 is 18.4 Å². The minimum Gasteiger partial charge on any atom is -0.316 e. The number of hydrogen-bond acceptors (Lipinski definition) is 3. The molecule has 0 spiro atoms. The average molecular weight is 242 g/mol. The Balaban J connectivity index is 2.59. The van der Waals surface area contributed by atoms with Crippen LogP contribution >= 0.6 is 0 Å². The van der Waals surface area contributed by atoms with Gasteiger partial charge in [-0.05, 0) is 17.0 Å². The number of nitrogens with one attached hydrogen (secondary N) is 1. The molecule has 0 saturated heterocycles. The first-order valence-corrected chi connectivity index (χ1v) is 4.83. The van der Waals surface area contributed by atoms with E-state index in [1.54, 1.807) is 6.07 Å². The third-order valence-corrected chi connectivity index (χ3v) is 2.41. The molecule has 3 nitrogen and oxygen atoms in total. The predicted octanol–water partition coefficient (Wildman–Crippen LogP) is 2.73. The lowest BCUT2D eigenvalue weighted by molar-refractivity contribution is -0.136. The molecule has 90 valence electrons. The van der Waals surface area contributed by atoms with Gasteiger partial charge in [0.15, 0.2) is 0 Å². The number of nitrogens with zero attached hydrogens (tertiary/aromatic N) is 1. The van der Waals surface area contributed by atoms with Crippen molar-refractivity contribution in [1.82, 2.24) is 10.5 Å². The van der Waals surface area contributed by atoms with Gasteiger partial charge in [-0.3, -0.25) is 4.98 Å². The molecule has 0 saturated carbocycles. The Bertz CT molecular complexity index is 540. The van der Waals surface area contributed by atoms with Crippen molar-refractivity contribution in [1.29, 1.82) is 0 Å². The summed E-state index contributed by atoms with van der Waals surface area (Å²) >= 11 is 0. The summed E-state index contributed by atoms with van der Waals surface area (Å²) in [6.07, 6.45) is -2.24. The molecule has 0 aliphatic rings. The molecule has 2 rings (SSSR count). The highest BCUT2D eigenvalue weighted by Gasteiger charge is 2.32. The van der Waals surface area contributed by atoms with Crippen molar-refractivity contribution >= 4 is 10.8 Å². The maximum Gasteiger partial charge on any atom is 0.418 e. The SMILES string of the molecule is ONCc1ccc2c(C(F)(F)F)cncc2c1. The number of benzene rings is 1. The van der Waals surface area contributed by atoms with Gasteiger partial charge in [0.2, 0.25) is 0 Å². The number of hydrogen-bond donors (Lipinski definition) is 2. The zero-order valence-corrected chi connectivity index (χ0v) is 8.62. The van der Waals surface area contributed by atoms with Crippen molar-refractivity contribution in [3.63, 3.8) is 0 Å². The van der Waals surface area contributed by atoms with E-state index in [0.29, 0.717) is 10.9 Å². The highest BCUT2D eigenvalue weighted by molar-refractivity contribution is 5.85. The molecule has 1 aromatic heterocycles.